The van der Waals surface area contributed by atoms with Gasteiger partial charge in [-0.05, 0) is 68.3 Å². The second kappa shape index (κ2) is 9.01. The first kappa shape index (κ1) is 21.8. The molecule has 1 atom stereocenters. The number of nitrogen functional groups attached to an aromatic ring is 1. The van der Waals surface area contributed by atoms with E-state index in [1.54, 1.807) is 41.6 Å². The van der Waals surface area contributed by atoms with Gasteiger partial charge in [0.25, 0.3) is 5.91 Å². The van der Waals surface area contributed by atoms with E-state index in [1.165, 1.54) is 0 Å². The zero-order valence-electron chi connectivity index (χ0n) is 18.6. The lowest BCUT2D eigenvalue weighted by atomic mass is 10.1. The molecule has 0 bridgehead atoms. The fourth-order valence-corrected chi connectivity index (χ4v) is 3.65. The highest BCUT2D eigenvalue weighted by Crippen LogP contribution is 2.25. The van der Waals surface area contributed by atoms with Crippen LogP contribution in [0.5, 0.6) is 0 Å². The van der Waals surface area contributed by atoms with Crippen molar-refractivity contribution in [3.8, 4) is 6.07 Å². The van der Waals surface area contributed by atoms with Crippen LogP contribution in [0.2, 0.25) is 0 Å². The molecule has 3 aromatic heterocycles. The average Bonchev–Trinajstić information content (AvgIpc) is 2.83. The molecule has 4 rings (SSSR count). The third-order valence-electron chi connectivity index (χ3n) is 5.63. The molecule has 0 fully saturated rings. The predicted molar refractivity (Wildman–Crippen MR) is 125 cm³/mol. The van der Waals surface area contributed by atoms with E-state index in [9.17, 15) is 4.79 Å². The van der Waals surface area contributed by atoms with E-state index in [1.807, 2.05) is 45.0 Å². The van der Waals surface area contributed by atoms with Crippen molar-refractivity contribution < 1.29 is 4.79 Å². The monoisotopic (exact) mass is 437 g/mol. The Morgan fingerprint density at radius 1 is 1.12 bits per heavy atom. The van der Waals surface area contributed by atoms with E-state index < -0.39 is 6.04 Å². The van der Waals surface area contributed by atoms with Crippen LogP contribution in [0.25, 0.3) is 10.9 Å². The number of aromatic nitrogens is 4. The van der Waals surface area contributed by atoms with Gasteiger partial charge in [-0.25, -0.2) is 19.9 Å². The molecule has 8 heteroatoms. The molecule has 8 nitrogen and oxygen atoms in total. The summed E-state index contributed by atoms with van der Waals surface area (Å²) in [6, 6.07) is 14.2. The molecule has 0 aliphatic carbocycles. The first-order chi connectivity index (χ1) is 15.9. The number of aryl methyl sites for hydroxylation is 2. The second-order valence-corrected chi connectivity index (χ2v) is 7.87. The number of pyridine rings is 2. The molecule has 2 N–H and O–H groups in total. The Kier molecular flexibility index (Phi) is 5.96. The van der Waals surface area contributed by atoms with Crippen molar-refractivity contribution in [2.24, 2.45) is 0 Å². The maximum absolute atomic E-state index is 13.7. The molecule has 0 radical (unpaired) electrons. The molecule has 3 heterocycles. The molecule has 0 unspecified atom stereocenters. The van der Waals surface area contributed by atoms with Crippen LogP contribution >= 0.6 is 0 Å². The van der Waals surface area contributed by atoms with Gasteiger partial charge in [0.1, 0.15) is 23.4 Å². The van der Waals surface area contributed by atoms with Gasteiger partial charge in [0.15, 0.2) is 0 Å². The lowest BCUT2D eigenvalue weighted by Crippen LogP contribution is -2.34. The average molecular weight is 438 g/mol. The van der Waals surface area contributed by atoms with E-state index in [0.29, 0.717) is 35.1 Å². The molecule has 1 amide bonds. The summed E-state index contributed by atoms with van der Waals surface area (Å²) in [7, 11) is 0. The summed E-state index contributed by atoms with van der Waals surface area (Å²) in [5.41, 5.74) is 9.92. The summed E-state index contributed by atoms with van der Waals surface area (Å²) < 4.78 is 0. The lowest BCUT2D eigenvalue weighted by Gasteiger charge is -2.29. The van der Waals surface area contributed by atoms with Gasteiger partial charge in [-0.2, -0.15) is 5.26 Å². The fraction of sp³-hybridized carbons (Fsp3) is 0.200. The Morgan fingerprint density at radius 3 is 2.58 bits per heavy atom. The summed E-state index contributed by atoms with van der Waals surface area (Å²) >= 11 is 0. The van der Waals surface area contributed by atoms with E-state index >= 15 is 0 Å². The van der Waals surface area contributed by atoms with Crippen LogP contribution in [-0.2, 0) is 6.54 Å². The quantitative estimate of drug-likeness (QED) is 0.502. The van der Waals surface area contributed by atoms with Crippen molar-refractivity contribution in [3.05, 3.63) is 88.8 Å². The van der Waals surface area contributed by atoms with Gasteiger partial charge in [-0.3, -0.25) is 4.79 Å². The smallest absolute Gasteiger partial charge is 0.254 e. The van der Waals surface area contributed by atoms with Crippen molar-refractivity contribution >= 4 is 22.6 Å². The largest absolute Gasteiger partial charge is 0.383 e. The summed E-state index contributed by atoms with van der Waals surface area (Å²) in [6.07, 6.45) is 3.32. The van der Waals surface area contributed by atoms with Gasteiger partial charge in [0.05, 0.1) is 11.6 Å². The highest BCUT2D eigenvalue weighted by Gasteiger charge is 2.26. The van der Waals surface area contributed by atoms with E-state index in [-0.39, 0.29) is 5.91 Å². The van der Waals surface area contributed by atoms with E-state index in [4.69, 9.17) is 11.0 Å². The molecular weight excluding hydrogens is 414 g/mol. The maximum Gasteiger partial charge on any atom is 0.254 e. The van der Waals surface area contributed by atoms with Crippen LogP contribution in [0, 0.1) is 25.2 Å². The first-order valence-electron chi connectivity index (χ1n) is 10.5. The minimum Gasteiger partial charge on any atom is -0.383 e. The number of hydrogen-bond donors (Lipinski definition) is 1. The number of anilines is 1. The van der Waals surface area contributed by atoms with Crippen molar-refractivity contribution in [3.63, 3.8) is 0 Å². The molecule has 0 aliphatic rings. The molecule has 0 saturated carbocycles. The number of carbonyl (C=O) groups is 1. The molecule has 4 aromatic rings. The summed E-state index contributed by atoms with van der Waals surface area (Å²) in [5, 5.41) is 9.97. The Balaban J connectivity index is 1.75. The predicted octanol–water partition coefficient (Wildman–Crippen LogP) is 3.89. The zero-order chi connectivity index (χ0) is 23.5. The summed E-state index contributed by atoms with van der Waals surface area (Å²) in [6.45, 7) is 5.91. The van der Waals surface area contributed by atoms with Crippen LogP contribution < -0.4 is 5.73 Å². The minimum absolute atomic E-state index is 0.171. The molecule has 33 heavy (non-hydrogen) atoms. The number of hydrogen-bond acceptors (Lipinski definition) is 7. The SMILES string of the molecule is Cc1cc2cc(C(=O)N(Cc3ccc(C#N)nc3C)[C@H](C)c3ncccn3)ccc2nc1N. The topological polar surface area (TPSA) is 122 Å². The zero-order valence-corrected chi connectivity index (χ0v) is 18.6. The number of amides is 1. The van der Waals surface area contributed by atoms with E-state index in [2.05, 4.69) is 19.9 Å². The molecular formula is C25H23N7O. The summed E-state index contributed by atoms with van der Waals surface area (Å²) in [5.74, 6) is 0.841. The second-order valence-electron chi connectivity index (χ2n) is 7.87. The van der Waals surface area contributed by atoms with Gasteiger partial charge in [-0.1, -0.05) is 6.07 Å². The first-order valence-corrected chi connectivity index (χ1v) is 10.5. The van der Waals surface area contributed by atoms with Crippen molar-refractivity contribution in [1.29, 1.82) is 5.26 Å². The number of carbonyl (C=O) groups excluding carboxylic acids is 1. The van der Waals surface area contributed by atoms with Gasteiger partial charge in [0, 0.05) is 35.6 Å². The van der Waals surface area contributed by atoms with E-state index in [0.717, 1.165) is 22.0 Å². The van der Waals surface area contributed by atoms with Crippen LogP contribution in [0.15, 0.2) is 54.9 Å². The van der Waals surface area contributed by atoms with Gasteiger partial charge in [-0.15, -0.1) is 0 Å². The lowest BCUT2D eigenvalue weighted by molar-refractivity contribution is 0.0666. The third-order valence-corrected chi connectivity index (χ3v) is 5.63. The summed E-state index contributed by atoms with van der Waals surface area (Å²) in [4.78, 5) is 32.9. The van der Waals surface area contributed by atoms with Gasteiger partial charge < -0.3 is 10.6 Å². The van der Waals surface area contributed by atoms with Crippen molar-refractivity contribution in [1.82, 2.24) is 24.8 Å². The Labute approximate surface area is 191 Å². The Hall–Kier alpha value is -4.38. The standard InChI is InChI=1S/C25H23N7O/c1-15-11-20-12-18(6-8-22(20)31-23(15)27)25(33)32(17(3)24-28-9-4-10-29-24)14-19-5-7-21(13-26)30-16(19)2/h4-12,17H,14H2,1-3H3,(H2,27,31)/t17-/m1/s1. The normalized spacial score (nSPS) is 11.7. The van der Waals surface area contributed by atoms with Crippen LogP contribution in [-0.4, -0.2) is 30.7 Å². The third kappa shape index (κ3) is 4.48. The number of benzene rings is 1. The number of nitrogens with two attached hydrogens (primary N) is 1. The van der Waals surface area contributed by atoms with Crippen molar-refractivity contribution in [2.75, 3.05) is 5.73 Å². The van der Waals surface area contributed by atoms with Crippen LogP contribution in [0.1, 0.15) is 51.7 Å². The van der Waals surface area contributed by atoms with Crippen LogP contribution in [0.3, 0.4) is 0 Å². The Bertz CT molecular complexity index is 1380. The highest BCUT2D eigenvalue weighted by molar-refractivity contribution is 5.98. The highest BCUT2D eigenvalue weighted by atomic mass is 16.2. The van der Waals surface area contributed by atoms with Gasteiger partial charge in [0.2, 0.25) is 0 Å². The number of nitriles is 1. The fourth-order valence-electron chi connectivity index (χ4n) is 3.65. The molecule has 0 aliphatic heterocycles. The molecule has 0 saturated heterocycles. The number of rotatable bonds is 5. The van der Waals surface area contributed by atoms with Crippen LogP contribution in [0.4, 0.5) is 5.82 Å². The minimum atomic E-state index is -0.393. The molecule has 164 valence electrons. The van der Waals surface area contributed by atoms with Crippen molar-refractivity contribution in [2.45, 2.75) is 33.4 Å². The Morgan fingerprint density at radius 2 is 1.88 bits per heavy atom. The maximum atomic E-state index is 13.7. The number of fused-ring (bicyclic) bond motifs is 1. The number of nitrogens with zero attached hydrogens (tertiary/aromatic N) is 6. The molecule has 0 spiro atoms. The molecule has 1 aromatic carbocycles. The van der Waals surface area contributed by atoms with Gasteiger partial charge >= 0.3 is 0 Å².